The second-order valence-corrected chi connectivity index (χ2v) is 9.98. The highest BCUT2D eigenvalue weighted by Gasteiger charge is 2.17. The third kappa shape index (κ3) is 5.74. The van der Waals surface area contributed by atoms with E-state index < -0.39 is 10.0 Å². The lowest BCUT2D eigenvalue weighted by molar-refractivity contribution is 0.253. The second-order valence-electron chi connectivity index (χ2n) is 7.77. The molecule has 2 heterocycles. The van der Waals surface area contributed by atoms with Crippen LogP contribution in [-0.4, -0.2) is 57.6 Å². The molecule has 0 aliphatic carbocycles. The van der Waals surface area contributed by atoms with E-state index in [0.717, 1.165) is 61.5 Å². The van der Waals surface area contributed by atoms with E-state index in [9.17, 15) is 8.42 Å². The Kier molecular flexibility index (Phi) is 7.07. The molecule has 164 valence electrons. The number of nitrogens with one attached hydrogen (secondary N) is 1. The van der Waals surface area contributed by atoms with E-state index in [2.05, 4.69) is 31.6 Å². The van der Waals surface area contributed by atoms with Gasteiger partial charge in [-0.3, -0.25) is 9.88 Å². The van der Waals surface area contributed by atoms with Crippen molar-refractivity contribution in [1.29, 1.82) is 0 Å². The van der Waals surface area contributed by atoms with Gasteiger partial charge in [0.15, 0.2) is 0 Å². The van der Waals surface area contributed by atoms with Gasteiger partial charge in [-0.05, 0) is 55.8 Å². The summed E-state index contributed by atoms with van der Waals surface area (Å²) in [5.41, 5.74) is 2.00. The maximum atomic E-state index is 12.6. The predicted molar refractivity (Wildman–Crippen MR) is 126 cm³/mol. The molecule has 31 heavy (non-hydrogen) atoms. The van der Waals surface area contributed by atoms with E-state index in [-0.39, 0.29) is 4.90 Å². The molecule has 0 saturated carbocycles. The standard InChI is InChI=1S/C23H27ClN4O2S/c24-20-7-9-21(10-8-20)28-15-13-27(14-16-28)12-4-3-11-26-31(29,30)22-17-19-5-1-2-6-23(19)25-18-22/h1-2,5-10,17-18,26H,3-4,11-16H2. The van der Waals surface area contributed by atoms with Crippen molar-refractivity contribution in [2.75, 3.05) is 44.2 Å². The van der Waals surface area contributed by atoms with Gasteiger partial charge in [0.1, 0.15) is 4.90 Å². The molecule has 1 aromatic heterocycles. The third-order valence-corrected chi connectivity index (χ3v) is 7.31. The number of aromatic nitrogens is 1. The number of fused-ring (bicyclic) bond motifs is 1. The molecule has 1 fully saturated rings. The number of benzene rings is 2. The Bertz CT molecular complexity index is 1110. The summed E-state index contributed by atoms with van der Waals surface area (Å²) in [4.78, 5) is 9.27. The molecule has 1 aliphatic heterocycles. The normalized spacial score (nSPS) is 15.5. The van der Waals surface area contributed by atoms with Crippen molar-refractivity contribution in [3.8, 4) is 0 Å². The molecular weight excluding hydrogens is 432 g/mol. The number of rotatable bonds is 8. The highest BCUT2D eigenvalue weighted by molar-refractivity contribution is 7.89. The summed E-state index contributed by atoms with van der Waals surface area (Å²) < 4.78 is 27.8. The van der Waals surface area contributed by atoms with E-state index in [1.807, 2.05) is 36.4 Å². The van der Waals surface area contributed by atoms with Crippen LogP contribution in [0.1, 0.15) is 12.8 Å². The molecule has 0 bridgehead atoms. The average molecular weight is 459 g/mol. The lowest BCUT2D eigenvalue weighted by Crippen LogP contribution is -2.46. The Labute approximate surface area is 188 Å². The summed E-state index contributed by atoms with van der Waals surface area (Å²) in [5.74, 6) is 0. The number of sulfonamides is 1. The van der Waals surface area contributed by atoms with Gasteiger partial charge in [0, 0.05) is 55.0 Å². The van der Waals surface area contributed by atoms with Crippen LogP contribution in [-0.2, 0) is 10.0 Å². The Morgan fingerprint density at radius 1 is 0.968 bits per heavy atom. The van der Waals surface area contributed by atoms with Gasteiger partial charge in [0.25, 0.3) is 0 Å². The summed E-state index contributed by atoms with van der Waals surface area (Å²) in [7, 11) is -3.54. The van der Waals surface area contributed by atoms with Crippen molar-refractivity contribution < 1.29 is 8.42 Å². The quantitative estimate of drug-likeness (QED) is 0.520. The van der Waals surface area contributed by atoms with Crippen LogP contribution in [0.5, 0.6) is 0 Å². The van der Waals surface area contributed by atoms with E-state index >= 15 is 0 Å². The van der Waals surface area contributed by atoms with Crippen molar-refractivity contribution >= 4 is 38.2 Å². The number of nitrogens with zero attached hydrogens (tertiary/aromatic N) is 3. The molecule has 0 radical (unpaired) electrons. The number of hydrogen-bond acceptors (Lipinski definition) is 5. The van der Waals surface area contributed by atoms with Gasteiger partial charge >= 0.3 is 0 Å². The van der Waals surface area contributed by atoms with Gasteiger partial charge in [-0.25, -0.2) is 13.1 Å². The molecule has 1 N–H and O–H groups in total. The molecule has 0 atom stereocenters. The van der Waals surface area contributed by atoms with Crippen LogP contribution in [0.4, 0.5) is 5.69 Å². The van der Waals surface area contributed by atoms with Crippen molar-refractivity contribution in [3.05, 3.63) is 65.8 Å². The van der Waals surface area contributed by atoms with Crippen LogP contribution in [0.25, 0.3) is 10.9 Å². The Morgan fingerprint density at radius 2 is 1.71 bits per heavy atom. The fraction of sp³-hybridized carbons (Fsp3) is 0.348. The van der Waals surface area contributed by atoms with Gasteiger partial charge in [-0.2, -0.15) is 0 Å². The first-order valence-corrected chi connectivity index (χ1v) is 12.4. The van der Waals surface area contributed by atoms with Gasteiger partial charge in [-0.1, -0.05) is 29.8 Å². The number of para-hydroxylation sites is 1. The number of halogens is 1. The molecule has 2 aromatic carbocycles. The molecule has 6 nitrogen and oxygen atoms in total. The van der Waals surface area contributed by atoms with Crippen molar-refractivity contribution in [2.24, 2.45) is 0 Å². The largest absolute Gasteiger partial charge is 0.369 e. The number of unbranched alkanes of at least 4 members (excludes halogenated alkanes) is 1. The Balaban J connectivity index is 1.18. The number of piperazine rings is 1. The van der Waals surface area contributed by atoms with Crippen LogP contribution < -0.4 is 9.62 Å². The fourth-order valence-corrected chi connectivity index (χ4v) is 5.01. The summed E-state index contributed by atoms with van der Waals surface area (Å²) >= 11 is 5.97. The van der Waals surface area contributed by atoms with E-state index in [4.69, 9.17) is 11.6 Å². The SMILES string of the molecule is O=S(=O)(NCCCCN1CCN(c2ccc(Cl)cc2)CC1)c1cnc2ccccc2c1. The van der Waals surface area contributed by atoms with E-state index in [0.29, 0.717) is 6.54 Å². The zero-order valence-electron chi connectivity index (χ0n) is 17.4. The topological polar surface area (TPSA) is 65.5 Å². The minimum absolute atomic E-state index is 0.213. The zero-order chi connectivity index (χ0) is 21.7. The van der Waals surface area contributed by atoms with Crippen LogP contribution in [0.2, 0.25) is 5.02 Å². The van der Waals surface area contributed by atoms with Crippen LogP contribution in [0.15, 0.2) is 65.7 Å². The molecule has 4 rings (SSSR count). The highest BCUT2D eigenvalue weighted by atomic mass is 35.5. The lowest BCUT2D eigenvalue weighted by Gasteiger charge is -2.36. The molecule has 8 heteroatoms. The van der Waals surface area contributed by atoms with Crippen molar-refractivity contribution in [1.82, 2.24) is 14.6 Å². The second kappa shape index (κ2) is 9.96. The Morgan fingerprint density at radius 3 is 2.48 bits per heavy atom. The van der Waals surface area contributed by atoms with Crippen molar-refractivity contribution in [3.63, 3.8) is 0 Å². The minimum atomic E-state index is -3.54. The fourth-order valence-electron chi connectivity index (χ4n) is 3.83. The van der Waals surface area contributed by atoms with Gasteiger partial charge in [0.2, 0.25) is 10.0 Å². The molecule has 1 saturated heterocycles. The maximum Gasteiger partial charge on any atom is 0.242 e. The molecular formula is C23H27ClN4O2S. The summed E-state index contributed by atoms with van der Waals surface area (Å²) in [6.45, 7) is 5.41. The maximum absolute atomic E-state index is 12.6. The highest BCUT2D eigenvalue weighted by Crippen LogP contribution is 2.20. The predicted octanol–water partition coefficient (Wildman–Crippen LogP) is 3.77. The minimum Gasteiger partial charge on any atom is -0.369 e. The van der Waals surface area contributed by atoms with Gasteiger partial charge < -0.3 is 4.90 Å². The van der Waals surface area contributed by atoms with Gasteiger partial charge in [-0.15, -0.1) is 0 Å². The first-order valence-electron chi connectivity index (χ1n) is 10.6. The molecule has 0 amide bonds. The number of anilines is 1. The van der Waals surface area contributed by atoms with E-state index in [1.54, 1.807) is 6.07 Å². The van der Waals surface area contributed by atoms with Crippen molar-refractivity contribution in [2.45, 2.75) is 17.7 Å². The number of hydrogen-bond donors (Lipinski definition) is 1. The van der Waals surface area contributed by atoms with E-state index in [1.165, 1.54) is 11.9 Å². The smallest absolute Gasteiger partial charge is 0.242 e. The van der Waals surface area contributed by atoms with Crippen LogP contribution in [0.3, 0.4) is 0 Å². The summed E-state index contributed by atoms with van der Waals surface area (Å²) in [5, 5.41) is 1.58. The Hall–Kier alpha value is -2.19. The zero-order valence-corrected chi connectivity index (χ0v) is 18.9. The lowest BCUT2D eigenvalue weighted by atomic mass is 10.2. The van der Waals surface area contributed by atoms with Crippen LogP contribution in [0, 0.1) is 0 Å². The molecule has 0 spiro atoms. The number of pyridine rings is 1. The van der Waals surface area contributed by atoms with Gasteiger partial charge in [0.05, 0.1) is 5.52 Å². The summed E-state index contributed by atoms with van der Waals surface area (Å²) in [6, 6.07) is 17.2. The molecule has 3 aromatic rings. The summed E-state index contributed by atoms with van der Waals surface area (Å²) in [6.07, 6.45) is 3.18. The first-order chi connectivity index (χ1) is 15.0. The molecule has 1 aliphatic rings. The average Bonchev–Trinajstić information content (AvgIpc) is 2.79. The third-order valence-electron chi connectivity index (χ3n) is 5.63. The first kappa shape index (κ1) is 22.0. The van der Waals surface area contributed by atoms with Crippen LogP contribution >= 0.6 is 11.6 Å². The monoisotopic (exact) mass is 458 g/mol. The molecule has 0 unspecified atom stereocenters.